The normalized spacial score (nSPS) is 11.7. The van der Waals surface area contributed by atoms with Crippen LogP contribution in [0.4, 0.5) is 5.69 Å². The summed E-state index contributed by atoms with van der Waals surface area (Å²) < 4.78 is 0. The summed E-state index contributed by atoms with van der Waals surface area (Å²) >= 11 is 0. The van der Waals surface area contributed by atoms with Gasteiger partial charge < -0.3 is 11.1 Å². The number of nitrogen functional groups attached to an aromatic ring is 1. The Morgan fingerprint density at radius 2 is 1.82 bits per heavy atom. The van der Waals surface area contributed by atoms with Crippen molar-refractivity contribution in [2.75, 3.05) is 5.73 Å². The zero-order valence-corrected chi connectivity index (χ0v) is 10.5. The lowest BCUT2D eigenvalue weighted by atomic mass is 9.80. The molecular weight excluding hydrogens is 208 g/mol. The van der Waals surface area contributed by atoms with Crippen molar-refractivity contribution >= 4 is 22.7 Å². The molecule has 0 fully saturated rings. The number of benzene rings is 2. The lowest BCUT2D eigenvalue weighted by molar-refractivity contribution is 0.595. The van der Waals surface area contributed by atoms with Crippen LogP contribution in [-0.2, 0) is 5.41 Å². The highest BCUT2D eigenvalue weighted by molar-refractivity contribution is 6.00. The van der Waals surface area contributed by atoms with Gasteiger partial charge in [0.05, 0.1) is 0 Å². The molecule has 0 aliphatic heterocycles. The predicted octanol–water partition coefficient (Wildman–Crippen LogP) is 3.72. The van der Waals surface area contributed by atoms with E-state index in [1.807, 2.05) is 18.2 Å². The van der Waals surface area contributed by atoms with Gasteiger partial charge in [-0.05, 0) is 27.8 Å². The van der Waals surface area contributed by atoms with Crippen molar-refractivity contribution in [3.05, 3.63) is 41.5 Å². The molecule has 0 saturated heterocycles. The molecule has 88 valence electrons. The molecule has 0 amide bonds. The number of hydrogen-bond acceptors (Lipinski definition) is 2. The number of hydrogen-bond donors (Lipinski definition) is 2. The molecule has 0 aliphatic carbocycles. The third-order valence-corrected chi connectivity index (χ3v) is 3.02. The third-order valence-electron chi connectivity index (χ3n) is 3.02. The molecule has 2 nitrogen and oxygen atoms in total. The fourth-order valence-corrected chi connectivity index (χ4v) is 2.35. The summed E-state index contributed by atoms with van der Waals surface area (Å²) in [5.74, 6) is 0. The highest BCUT2D eigenvalue weighted by Gasteiger charge is 2.21. The zero-order valence-electron chi connectivity index (χ0n) is 10.5. The Balaban J connectivity index is 2.97. The molecule has 2 heteroatoms. The van der Waals surface area contributed by atoms with Crippen LogP contribution in [0.1, 0.15) is 31.9 Å². The van der Waals surface area contributed by atoms with E-state index in [-0.39, 0.29) is 5.41 Å². The molecule has 0 saturated carbocycles. The van der Waals surface area contributed by atoms with Gasteiger partial charge in [-0.2, -0.15) is 0 Å². The molecule has 0 spiro atoms. The average Bonchev–Trinajstić information content (AvgIpc) is 2.25. The lowest BCUT2D eigenvalue weighted by Gasteiger charge is -2.25. The Morgan fingerprint density at radius 3 is 2.41 bits per heavy atom. The highest BCUT2D eigenvalue weighted by atomic mass is 14.6. The molecule has 0 bridgehead atoms. The first-order chi connectivity index (χ1) is 7.95. The Hall–Kier alpha value is -1.83. The SMILES string of the molecule is CC(C)(C)c1c(C=N)c(N)cc2ccccc12. The van der Waals surface area contributed by atoms with Crippen LogP contribution in [0.15, 0.2) is 30.3 Å². The Morgan fingerprint density at radius 1 is 1.18 bits per heavy atom. The number of nitrogens with two attached hydrogens (primary N) is 1. The van der Waals surface area contributed by atoms with Crippen LogP contribution in [-0.4, -0.2) is 6.21 Å². The minimum atomic E-state index is -0.0259. The molecule has 2 aromatic rings. The van der Waals surface area contributed by atoms with Crippen LogP contribution < -0.4 is 5.73 Å². The van der Waals surface area contributed by atoms with E-state index in [4.69, 9.17) is 11.1 Å². The Bertz CT molecular complexity index is 577. The Kier molecular flexibility index (Phi) is 2.66. The molecular formula is C15H18N2. The van der Waals surface area contributed by atoms with Crippen molar-refractivity contribution in [1.29, 1.82) is 5.41 Å². The largest absolute Gasteiger partial charge is 0.398 e. The zero-order chi connectivity index (χ0) is 12.6. The van der Waals surface area contributed by atoms with E-state index in [9.17, 15) is 0 Å². The molecule has 0 atom stereocenters. The Labute approximate surface area is 102 Å². The van der Waals surface area contributed by atoms with Gasteiger partial charge in [0.25, 0.3) is 0 Å². The van der Waals surface area contributed by atoms with Crippen molar-refractivity contribution < 1.29 is 0 Å². The van der Waals surface area contributed by atoms with E-state index >= 15 is 0 Å². The van der Waals surface area contributed by atoms with Crippen molar-refractivity contribution in [2.24, 2.45) is 0 Å². The summed E-state index contributed by atoms with van der Waals surface area (Å²) in [6.45, 7) is 6.46. The average molecular weight is 226 g/mol. The van der Waals surface area contributed by atoms with Gasteiger partial charge in [0.2, 0.25) is 0 Å². The van der Waals surface area contributed by atoms with Gasteiger partial charge >= 0.3 is 0 Å². The van der Waals surface area contributed by atoms with Crippen molar-refractivity contribution in [3.63, 3.8) is 0 Å². The molecule has 17 heavy (non-hydrogen) atoms. The maximum Gasteiger partial charge on any atom is 0.0412 e. The van der Waals surface area contributed by atoms with E-state index in [2.05, 4.69) is 32.9 Å². The van der Waals surface area contributed by atoms with Gasteiger partial charge in [-0.3, -0.25) is 0 Å². The summed E-state index contributed by atoms with van der Waals surface area (Å²) in [7, 11) is 0. The van der Waals surface area contributed by atoms with Gasteiger partial charge in [-0.15, -0.1) is 0 Å². The van der Waals surface area contributed by atoms with Crippen molar-refractivity contribution in [3.8, 4) is 0 Å². The first kappa shape index (κ1) is 11.6. The summed E-state index contributed by atoms with van der Waals surface area (Å²) in [5, 5.41) is 9.90. The van der Waals surface area contributed by atoms with Crippen LogP contribution >= 0.6 is 0 Å². The topological polar surface area (TPSA) is 49.9 Å². The maximum atomic E-state index is 7.58. The number of fused-ring (bicyclic) bond motifs is 1. The van der Waals surface area contributed by atoms with E-state index in [0.717, 1.165) is 16.5 Å². The fourth-order valence-electron chi connectivity index (χ4n) is 2.35. The van der Waals surface area contributed by atoms with E-state index in [0.29, 0.717) is 5.69 Å². The minimum Gasteiger partial charge on any atom is -0.398 e. The van der Waals surface area contributed by atoms with Gasteiger partial charge in [-0.1, -0.05) is 45.0 Å². The summed E-state index contributed by atoms with van der Waals surface area (Å²) in [5.41, 5.74) is 8.70. The smallest absolute Gasteiger partial charge is 0.0412 e. The number of anilines is 1. The van der Waals surface area contributed by atoms with Crippen molar-refractivity contribution in [2.45, 2.75) is 26.2 Å². The second-order valence-corrected chi connectivity index (χ2v) is 5.37. The van der Waals surface area contributed by atoms with Crippen LogP contribution in [0.3, 0.4) is 0 Å². The molecule has 0 aliphatic rings. The molecule has 0 heterocycles. The summed E-state index contributed by atoms with van der Waals surface area (Å²) in [6.07, 6.45) is 1.36. The van der Waals surface area contributed by atoms with Crippen LogP contribution in [0.25, 0.3) is 10.8 Å². The van der Waals surface area contributed by atoms with Crippen molar-refractivity contribution in [1.82, 2.24) is 0 Å². The van der Waals surface area contributed by atoms with Gasteiger partial charge in [0.1, 0.15) is 0 Å². The van der Waals surface area contributed by atoms with Gasteiger partial charge in [-0.25, -0.2) is 0 Å². The van der Waals surface area contributed by atoms with Gasteiger partial charge in [0.15, 0.2) is 0 Å². The van der Waals surface area contributed by atoms with E-state index in [1.54, 1.807) is 0 Å². The lowest BCUT2D eigenvalue weighted by Crippen LogP contribution is -2.16. The first-order valence-corrected chi connectivity index (χ1v) is 5.77. The molecule has 0 radical (unpaired) electrons. The second kappa shape index (κ2) is 3.88. The van der Waals surface area contributed by atoms with Gasteiger partial charge in [0, 0.05) is 17.5 Å². The third kappa shape index (κ3) is 1.91. The summed E-state index contributed by atoms with van der Waals surface area (Å²) in [4.78, 5) is 0. The molecule has 2 aromatic carbocycles. The maximum absolute atomic E-state index is 7.58. The monoisotopic (exact) mass is 226 g/mol. The summed E-state index contributed by atoms with van der Waals surface area (Å²) in [6, 6.07) is 10.2. The highest BCUT2D eigenvalue weighted by Crippen LogP contribution is 2.35. The minimum absolute atomic E-state index is 0.0259. The van der Waals surface area contributed by atoms with Crippen LogP contribution in [0.5, 0.6) is 0 Å². The predicted molar refractivity (Wildman–Crippen MR) is 74.9 cm³/mol. The molecule has 0 unspecified atom stereocenters. The second-order valence-electron chi connectivity index (χ2n) is 5.37. The first-order valence-electron chi connectivity index (χ1n) is 5.77. The van der Waals surface area contributed by atoms with E-state index in [1.165, 1.54) is 11.6 Å². The number of nitrogens with one attached hydrogen (secondary N) is 1. The molecule has 2 rings (SSSR count). The molecule has 0 aromatic heterocycles. The quantitative estimate of drug-likeness (QED) is 0.565. The standard InChI is InChI=1S/C15H18N2/c1-15(2,3)14-11-7-5-4-6-10(11)8-13(17)12(14)9-16/h4-9,16H,17H2,1-3H3. The van der Waals surface area contributed by atoms with E-state index < -0.39 is 0 Å². The fraction of sp³-hybridized carbons (Fsp3) is 0.267. The van der Waals surface area contributed by atoms with Crippen LogP contribution in [0.2, 0.25) is 0 Å². The number of rotatable bonds is 1. The molecule has 3 N–H and O–H groups in total. The van der Waals surface area contributed by atoms with Crippen LogP contribution in [0, 0.1) is 5.41 Å².